The molecule has 0 fully saturated rings. The fraction of sp³-hybridized carbons (Fsp3) is 0.227. The van der Waals surface area contributed by atoms with Gasteiger partial charge < -0.3 is 15.2 Å². The summed E-state index contributed by atoms with van der Waals surface area (Å²) in [7, 11) is 1.65. The molecule has 0 radical (unpaired) electrons. The van der Waals surface area contributed by atoms with Gasteiger partial charge in [-0.25, -0.2) is 4.98 Å². The summed E-state index contributed by atoms with van der Waals surface area (Å²) in [6.45, 7) is 0.678. The number of anilines is 1. The van der Waals surface area contributed by atoms with Crippen LogP contribution in [0.3, 0.4) is 0 Å². The van der Waals surface area contributed by atoms with Crippen molar-refractivity contribution in [2.75, 3.05) is 12.4 Å². The van der Waals surface area contributed by atoms with Crippen molar-refractivity contribution >= 4 is 11.8 Å². The van der Waals surface area contributed by atoms with Gasteiger partial charge in [-0.05, 0) is 35.4 Å². The summed E-state index contributed by atoms with van der Waals surface area (Å²) in [5.41, 5.74) is 3.64. The molecule has 3 aromatic rings. The zero-order valence-electron chi connectivity index (χ0n) is 15.7. The van der Waals surface area contributed by atoms with Crippen LogP contribution in [-0.4, -0.2) is 28.2 Å². The first-order valence-electron chi connectivity index (χ1n) is 9.10. The van der Waals surface area contributed by atoms with E-state index in [1.807, 2.05) is 60.7 Å². The van der Waals surface area contributed by atoms with Gasteiger partial charge in [0.25, 0.3) is 0 Å². The fourth-order valence-electron chi connectivity index (χ4n) is 2.92. The minimum atomic E-state index is -0.828. The molecule has 1 unspecified atom stereocenters. The maximum atomic E-state index is 10.8. The maximum absolute atomic E-state index is 10.8. The molecule has 1 aromatic carbocycles. The SMILES string of the molecule is COC(c1ccc(CNc2ccccn2)cc1)c1cccc(CCC(=O)O)n1. The molecular weight excluding hydrogens is 354 g/mol. The number of benzene rings is 1. The molecule has 2 heterocycles. The molecule has 0 aliphatic heterocycles. The van der Waals surface area contributed by atoms with E-state index in [4.69, 9.17) is 9.84 Å². The minimum Gasteiger partial charge on any atom is -0.481 e. The molecule has 3 rings (SSSR count). The second-order valence-corrected chi connectivity index (χ2v) is 6.37. The summed E-state index contributed by atoms with van der Waals surface area (Å²) in [6, 6.07) is 19.5. The van der Waals surface area contributed by atoms with Crippen molar-refractivity contribution in [3.63, 3.8) is 0 Å². The van der Waals surface area contributed by atoms with Gasteiger partial charge in [-0.2, -0.15) is 0 Å². The number of pyridine rings is 2. The van der Waals surface area contributed by atoms with Crippen molar-refractivity contribution in [1.82, 2.24) is 9.97 Å². The zero-order chi connectivity index (χ0) is 19.8. The predicted molar refractivity (Wildman–Crippen MR) is 107 cm³/mol. The van der Waals surface area contributed by atoms with Crippen molar-refractivity contribution in [3.8, 4) is 0 Å². The molecule has 2 aromatic heterocycles. The molecule has 0 aliphatic carbocycles. The van der Waals surface area contributed by atoms with Crippen LogP contribution in [0.5, 0.6) is 0 Å². The summed E-state index contributed by atoms with van der Waals surface area (Å²) in [5.74, 6) is 0.00844. The van der Waals surface area contributed by atoms with Crippen molar-refractivity contribution < 1.29 is 14.6 Å². The van der Waals surface area contributed by atoms with Gasteiger partial charge in [0.2, 0.25) is 0 Å². The number of aromatic nitrogens is 2. The van der Waals surface area contributed by atoms with Crippen LogP contribution in [0.25, 0.3) is 0 Å². The van der Waals surface area contributed by atoms with Gasteiger partial charge in [-0.3, -0.25) is 9.78 Å². The highest BCUT2D eigenvalue weighted by Crippen LogP contribution is 2.24. The second kappa shape index (κ2) is 9.62. The predicted octanol–water partition coefficient (Wildman–Crippen LogP) is 3.84. The molecule has 0 saturated heterocycles. The Morgan fingerprint density at radius 3 is 2.61 bits per heavy atom. The van der Waals surface area contributed by atoms with Gasteiger partial charge in [0.15, 0.2) is 0 Å². The van der Waals surface area contributed by atoms with Crippen LogP contribution >= 0.6 is 0 Å². The molecule has 1 atom stereocenters. The van der Waals surface area contributed by atoms with Crippen molar-refractivity contribution in [2.45, 2.75) is 25.5 Å². The Bertz CT molecular complexity index is 898. The van der Waals surface area contributed by atoms with Crippen LogP contribution in [-0.2, 0) is 22.5 Å². The smallest absolute Gasteiger partial charge is 0.303 e. The van der Waals surface area contributed by atoms with Crippen molar-refractivity contribution in [3.05, 3.63) is 89.4 Å². The number of methoxy groups -OCH3 is 1. The lowest BCUT2D eigenvalue weighted by Gasteiger charge is -2.17. The highest BCUT2D eigenvalue weighted by Gasteiger charge is 2.15. The molecule has 0 amide bonds. The van der Waals surface area contributed by atoms with Gasteiger partial charge >= 0.3 is 5.97 Å². The Hall–Kier alpha value is -3.25. The molecule has 6 nitrogen and oxygen atoms in total. The number of ether oxygens (including phenoxy) is 1. The van der Waals surface area contributed by atoms with E-state index in [0.29, 0.717) is 13.0 Å². The van der Waals surface area contributed by atoms with Crippen LogP contribution in [0.4, 0.5) is 5.82 Å². The van der Waals surface area contributed by atoms with Gasteiger partial charge in [-0.15, -0.1) is 0 Å². The topological polar surface area (TPSA) is 84.3 Å². The molecule has 2 N–H and O–H groups in total. The average Bonchev–Trinajstić information content (AvgIpc) is 2.73. The second-order valence-electron chi connectivity index (χ2n) is 6.37. The van der Waals surface area contributed by atoms with E-state index < -0.39 is 5.97 Å². The van der Waals surface area contributed by atoms with Crippen LogP contribution in [0.1, 0.15) is 35.0 Å². The highest BCUT2D eigenvalue weighted by atomic mass is 16.5. The lowest BCUT2D eigenvalue weighted by molar-refractivity contribution is -0.136. The lowest BCUT2D eigenvalue weighted by atomic mass is 10.0. The summed E-state index contributed by atoms with van der Waals surface area (Å²) in [5, 5.41) is 12.1. The minimum absolute atomic E-state index is 0.0616. The van der Waals surface area contributed by atoms with Gasteiger partial charge in [-0.1, -0.05) is 36.4 Å². The van der Waals surface area contributed by atoms with Crippen LogP contribution < -0.4 is 5.32 Å². The molecule has 0 saturated carbocycles. The maximum Gasteiger partial charge on any atom is 0.303 e. The molecule has 0 spiro atoms. The highest BCUT2D eigenvalue weighted by molar-refractivity contribution is 5.66. The lowest BCUT2D eigenvalue weighted by Crippen LogP contribution is -2.08. The monoisotopic (exact) mass is 377 g/mol. The fourth-order valence-corrected chi connectivity index (χ4v) is 2.92. The van der Waals surface area contributed by atoms with Crippen molar-refractivity contribution in [2.24, 2.45) is 0 Å². The normalized spacial score (nSPS) is 11.8. The van der Waals surface area contributed by atoms with Crippen LogP contribution in [0, 0.1) is 0 Å². The summed E-state index contributed by atoms with van der Waals surface area (Å²) >= 11 is 0. The average molecular weight is 377 g/mol. The Labute approximate surface area is 164 Å². The molecule has 28 heavy (non-hydrogen) atoms. The number of rotatable bonds is 9. The molecule has 0 bridgehead atoms. The summed E-state index contributed by atoms with van der Waals surface area (Å²) in [4.78, 5) is 19.6. The summed E-state index contributed by atoms with van der Waals surface area (Å²) < 4.78 is 5.67. The molecule has 144 valence electrons. The largest absolute Gasteiger partial charge is 0.481 e. The van der Waals surface area contributed by atoms with E-state index in [9.17, 15) is 4.79 Å². The third-order valence-corrected chi connectivity index (χ3v) is 4.35. The van der Waals surface area contributed by atoms with Crippen LogP contribution in [0.2, 0.25) is 0 Å². The third-order valence-electron chi connectivity index (χ3n) is 4.35. The molecule has 6 heteroatoms. The van der Waals surface area contributed by atoms with E-state index in [2.05, 4.69) is 15.3 Å². The number of carboxylic acid groups (broad SMARTS) is 1. The van der Waals surface area contributed by atoms with Gasteiger partial charge in [0, 0.05) is 32.0 Å². The molecule has 0 aliphatic rings. The Kier molecular flexibility index (Phi) is 6.70. The first-order chi connectivity index (χ1) is 13.7. The Morgan fingerprint density at radius 2 is 1.93 bits per heavy atom. The van der Waals surface area contributed by atoms with E-state index in [1.165, 1.54) is 0 Å². The zero-order valence-corrected chi connectivity index (χ0v) is 15.7. The van der Waals surface area contributed by atoms with Crippen LogP contribution in [0.15, 0.2) is 66.9 Å². The number of aryl methyl sites for hydroxylation is 1. The van der Waals surface area contributed by atoms with E-state index in [1.54, 1.807) is 13.3 Å². The first kappa shape index (κ1) is 19.5. The quantitative estimate of drug-likeness (QED) is 0.589. The van der Waals surface area contributed by atoms with E-state index in [-0.39, 0.29) is 12.5 Å². The Morgan fingerprint density at radius 1 is 1.11 bits per heavy atom. The Balaban J connectivity index is 1.68. The number of hydrogen-bond acceptors (Lipinski definition) is 5. The van der Waals surface area contributed by atoms with E-state index in [0.717, 1.165) is 28.3 Å². The number of aliphatic carboxylic acids is 1. The van der Waals surface area contributed by atoms with Gasteiger partial charge in [0.05, 0.1) is 12.1 Å². The first-order valence-corrected chi connectivity index (χ1v) is 9.10. The summed E-state index contributed by atoms with van der Waals surface area (Å²) in [6.07, 6.45) is 1.92. The molecular formula is C22H23N3O3. The number of hydrogen-bond donors (Lipinski definition) is 2. The van der Waals surface area contributed by atoms with Gasteiger partial charge in [0.1, 0.15) is 11.9 Å². The van der Waals surface area contributed by atoms with Crippen molar-refractivity contribution in [1.29, 1.82) is 0 Å². The number of carboxylic acids is 1. The van der Waals surface area contributed by atoms with E-state index >= 15 is 0 Å². The third kappa shape index (κ3) is 5.37. The number of nitrogens with zero attached hydrogens (tertiary/aromatic N) is 2. The number of nitrogens with one attached hydrogen (secondary N) is 1. The number of carbonyl (C=O) groups is 1. The standard InChI is InChI=1S/C22H23N3O3/c1-28-22(19-6-4-5-18(25-19)12-13-21(26)27)17-10-8-16(9-11-17)15-24-20-7-2-3-14-23-20/h2-11,14,22H,12-13,15H2,1H3,(H,23,24)(H,26,27).